The molecule has 2 saturated heterocycles. The van der Waals surface area contributed by atoms with E-state index in [0.29, 0.717) is 25.3 Å². The monoisotopic (exact) mass is 324 g/mol. The maximum absolute atomic E-state index is 12.4. The van der Waals surface area contributed by atoms with Gasteiger partial charge >= 0.3 is 0 Å². The Morgan fingerprint density at radius 3 is 2.40 bits per heavy atom. The molecule has 2 aliphatic heterocycles. The van der Waals surface area contributed by atoms with Gasteiger partial charge in [0, 0.05) is 19.0 Å². The highest BCUT2D eigenvalue weighted by Gasteiger charge is 2.34. The first-order valence-corrected chi connectivity index (χ1v) is 9.04. The molecule has 2 heterocycles. The quantitative estimate of drug-likeness (QED) is 0.832. The van der Waals surface area contributed by atoms with E-state index < -0.39 is 9.84 Å². The number of sulfone groups is 1. The summed E-state index contributed by atoms with van der Waals surface area (Å²) in [5, 5.41) is 3.29. The molecular weight excluding hydrogens is 300 g/mol. The lowest BCUT2D eigenvalue weighted by Crippen LogP contribution is -2.42. The lowest BCUT2D eigenvalue weighted by Gasteiger charge is -2.30. The molecule has 118 valence electrons. The van der Waals surface area contributed by atoms with Crippen molar-refractivity contribution in [1.29, 1.82) is 0 Å². The first kappa shape index (κ1) is 17.7. The van der Waals surface area contributed by atoms with E-state index in [2.05, 4.69) is 5.32 Å². The number of halogens is 1. The molecule has 20 heavy (non-hydrogen) atoms. The zero-order valence-corrected chi connectivity index (χ0v) is 13.6. The van der Waals surface area contributed by atoms with E-state index >= 15 is 0 Å². The van der Waals surface area contributed by atoms with Crippen molar-refractivity contribution in [2.75, 3.05) is 31.1 Å². The first-order valence-electron chi connectivity index (χ1n) is 7.22. The van der Waals surface area contributed by atoms with Crippen LogP contribution in [0.2, 0.25) is 0 Å². The molecule has 2 rings (SSSR count). The van der Waals surface area contributed by atoms with Crippen molar-refractivity contribution in [3.63, 3.8) is 0 Å². The Hall–Kier alpha value is -0.330. The van der Waals surface area contributed by atoms with E-state index in [4.69, 9.17) is 0 Å². The van der Waals surface area contributed by atoms with Gasteiger partial charge in [0.25, 0.3) is 0 Å². The van der Waals surface area contributed by atoms with Crippen molar-refractivity contribution in [2.45, 2.75) is 38.6 Å². The molecule has 0 aliphatic carbocycles. The minimum atomic E-state index is -2.92. The smallest absolute Gasteiger partial charge is 0.223 e. The van der Waals surface area contributed by atoms with Crippen LogP contribution < -0.4 is 5.32 Å². The Balaban J connectivity index is 0.00000200. The summed E-state index contributed by atoms with van der Waals surface area (Å²) in [4.78, 5) is 14.1. The third-order valence-corrected chi connectivity index (χ3v) is 5.98. The molecule has 1 unspecified atom stereocenters. The minimum Gasteiger partial charge on any atom is -0.339 e. The zero-order chi connectivity index (χ0) is 13.9. The van der Waals surface area contributed by atoms with Gasteiger partial charge in [-0.2, -0.15) is 0 Å². The number of carbonyl (C=O) groups is 1. The Kier molecular flexibility index (Phi) is 6.75. The average molecular weight is 325 g/mol. The van der Waals surface area contributed by atoms with E-state index in [1.165, 1.54) is 0 Å². The number of nitrogens with one attached hydrogen (secondary N) is 1. The van der Waals surface area contributed by atoms with Gasteiger partial charge in [0.05, 0.1) is 11.5 Å². The highest BCUT2D eigenvalue weighted by Crippen LogP contribution is 2.22. The van der Waals surface area contributed by atoms with Crippen LogP contribution in [0.15, 0.2) is 0 Å². The molecule has 1 atom stereocenters. The predicted molar refractivity (Wildman–Crippen MR) is 81.9 cm³/mol. The summed E-state index contributed by atoms with van der Waals surface area (Å²) in [6, 6.07) is -0.0933. The van der Waals surface area contributed by atoms with Crippen LogP contribution in [-0.4, -0.2) is 56.4 Å². The van der Waals surface area contributed by atoms with Crippen LogP contribution in [0.3, 0.4) is 0 Å². The van der Waals surface area contributed by atoms with Crippen molar-refractivity contribution < 1.29 is 13.2 Å². The Labute approximate surface area is 127 Å². The van der Waals surface area contributed by atoms with E-state index in [-0.39, 0.29) is 35.9 Å². The van der Waals surface area contributed by atoms with Gasteiger partial charge in [0.15, 0.2) is 9.84 Å². The molecule has 0 radical (unpaired) electrons. The van der Waals surface area contributed by atoms with Crippen molar-refractivity contribution in [2.24, 2.45) is 5.92 Å². The Morgan fingerprint density at radius 1 is 1.25 bits per heavy atom. The summed E-state index contributed by atoms with van der Waals surface area (Å²) in [6.45, 7) is 4.53. The number of hydrogen-bond acceptors (Lipinski definition) is 4. The third kappa shape index (κ3) is 4.60. The first-order chi connectivity index (χ1) is 9.02. The second-order valence-electron chi connectivity index (χ2n) is 5.63. The lowest BCUT2D eigenvalue weighted by molar-refractivity contribution is -0.134. The Morgan fingerprint density at radius 2 is 1.90 bits per heavy atom. The van der Waals surface area contributed by atoms with Crippen LogP contribution in [0.4, 0.5) is 0 Å². The fourth-order valence-corrected chi connectivity index (χ4v) is 4.84. The minimum absolute atomic E-state index is 0. The normalized spacial score (nSPS) is 25.9. The fourth-order valence-electron chi connectivity index (χ4n) is 3.11. The summed E-state index contributed by atoms with van der Waals surface area (Å²) in [5.41, 5.74) is 0. The highest BCUT2D eigenvalue weighted by molar-refractivity contribution is 7.91. The molecule has 2 fully saturated rings. The number of rotatable bonds is 4. The lowest BCUT2D eigenvalue weighted by atomic mass is 9.94. The molecule has 5 nitrogen and oxygen atoms in total. The van der Waals surface area contributed by atoms with Crippen LogP contribution in [0.25, 0.3) is 0 Å². The van der Waals surface area contributed by atoms with E-state index in [1.54, 1.807) is 4.90 Å². The van der Waals surface area contributed by atoms with Crippen LogP contribution in [-0.2, 0) is 14.6 Å². The SMILES string of the molecule is CCN(C(=O)CC1CCNCC1)C1CCS(=O)(=O)C1.Cl. The molecule has 0 aromatic heterocycles. The van der Waals surface area contributed by atoms with Crippen LogP contribution in [0.5, 0.6) is 0 Å². The molecule has 0 aromatic carbocycles. The summed E-state index contributed by atoms with van der Waals surface area (Å²) < 4.78 is 23.1. The van der Waals surface area contributed by atoms with Crippen molar-refractivity contribution in [3.05, 3.63) is 0 Å². The van der Waals surface area contributed by atoms with Crippen LogP contribution in [0.1, 0.15) is 32.6 Å². The van der Waals surface area contributed by atoms with Gasteiger partial charge in [0.2, 0.25) is 5.91 Å². The zero-order valence-electron chi connectivity index (χ0n) is 12.0. The summed E-state index contributed by atoms with van der Waals surface area (Å²) in [7, 11) is -2.92. The fraction of sp³-hybridized carbons (Fsp3) is 0.923. The summed E-state index contributed by atoms with van der Waals surface area (Å²) in [6.07, 6.45) is 3.28. The molecule has 2 aliphatic rings. The molecule has 0 bridgehead atoms. The molecule has 1 amide bonds. The third-order valence-electron chi connectivity index (χ3n) is 4.23. The topological polar surface area (TPSA) is 66.5 Å². The van der Waals surface area contributed by atoms with Crippen molar-refractivity contribution in [1.82, 2.24) is 10.2 Å². The molecule has 7 heteroatoms. The number of piperidine rings is 1. The maximum Gasteiger partial charge on any atom is 0.223 e. The maximum atomic E-state index is 12.4. The van der Waals surface area contributed by atoms with Gasteiger partial charge in [-0.15, -0.1) is 12.4 Å². The number of nitrogens with zero attached hydrogens (tertiary/aromatic N) is 1. The van der Waals surface area contributed by atoms with Crippen molar-refractivity contribution in [3.8, 4) is 0 Å². The summed E-state index contributed by atoms with van der Waals surface area (Å²) >= 11 is 0. The predicted octanol–water partition coefficient (Wildman–Crippen LogP) is 0.833. The van der Waals surface area contributed by atoms with Crippen LogP contribution >= 0.6 is 12.4 Å². The summed E-state index contributed by atoms with van der Waals surface area (Å²) in [5.74, 6) is 0.977. The second kappa shape index (κ2) is 7.61. The number of carbonyl (C=O) groups excluding carboxylic acids is 1. The standard InChI is InChI=1S/C13H24N2O3S.ClH/c1-2-15(12-5-8-19(17,18)10-12)13(16)9-11-3-6-14-7-4-11;/h11-12,14H,2-10H2,1H3;1H. The van der Waals surface area contributed by atoms with E-state index in [0.717, 1.165) is 25.9 Å². The van der Waals surface area contributed by atoms with Crippen molar-refractivity contribution >= 4 is 28.2 Å². The van der Waals surface area contributed by atoms with Crippen LogP contribution in [0, 0.1) is 5.92 Å². The number of amides is 1. The van der Waals surface area contributed by atoms with Gasteiger partial charge in [-0.3, -0.25) is 4.79 Å². The van der Waals surface area contributed by atoms with Gasteiger partial charge < -0.3 is 10.2 Å². The van der Waals surface area contributed by atoms with E-state index in [1.807, 2.05) is 6.92 Å². The van der Waals surface area contributed by atoms with Gasteiger partial charge in [-0.25, -0.2) is 8.42 Å². The Bertz CT molecular complexity index is 421. The highest BCUT2D eigenvalue weighted by atomic mass is 35.5. The molecule has 0 aromatic rings. The molecule has 1 N–H and O–H groups in total. The molecule has 0 saturated carbocycles. The largest absolute Gasteiger partial charge is 0.339 e. The molecule has 0 spiro atoms. The van der Waals surface area contributed by atoms with Gasteiger partial charge in [-0.1, -0.05) is 0 Å². The molecular formula is C13H25ClN2O3S. The second-order valence-corrected chi connectivity index (χ2v) is 7.86. The average Bonchev–Trinajstić information content (AvgIpc) is 2.72. The van der Waals surface area contributed by atoms with Gasteiger partial charge in [0.1, 0.15) is 0 Å². The number of hydrogen-bond donors (Lipinski definition) is 1. The van der Waals surface area contributed by atoms with Gasteiger partial charge in [-0.05, 0) is 45.2 Å². The van der Waals surface area contributed by atoms with E-state index in [9.17, 15) is 13.2 Å².